The summed E-state index contributed by atoms with van der Waals surface area (Å²) in [5, 5.41) is 9.69. The molecular formula is C31H27ClF3N3O4. The van der Waals surface area contributed by atoms with Crippen LogP contribution in [0.25, 0.3) is 16.6 Å². The van der Waals surface area contributed by atoms with Gasteiger partial charge in [0.15, 0.2) is 17.4 Å². The summed E-state index contributed by atoms with van der Waals surface area (Å²) >= 11 is 5.80. The van der Waals surface area contributed by atoms with E-state index in [-0.39, 0.29) is 34.6 Å². The molecule has 0 amide bonds. The summed E-state index contributed by atoms with van der Waals surface area (Å²) in [6, 6.07) is 11.7. The quantitative estimate of drug-likeness (QED) is 0.239. The van der Waals surface area contributed by atoms with E-state index in [2.05, 4.69) is 9.88 Å². The average molecular weight is 598 g/mol. The predicted octanol–water partition coefficient (Wildman–Crippen LogP) is 6.46. The monoisotopic (exact) mass is 597 g/mol. The number of ether oxygens (including phenoxy) is 2. The second-order valence-electron chi connectivity index (χ2n) is 10.4. The maximum absolute atomic E-state index is 15.3. The lowest BCUT2D eigenvalue weighted by molar-refractivity contribution is -0.0592. The smallest absolute Gasteiger partial charge is 0.338 e. The second kappa shape index (κ2) is 11.8. The number of carbonyl (C=O) groups is 1. The Kier molecular flexibility index (Phi) is 7.94. The number of aromatic carboxylic acids is 1. The number of halogens is 4. The van der Waals surface area contributed by atoms with Crippen LogP contribution in [0, 0.1) is 17.5 Å². The van der Waals surface area contributed by atoms with E-state index in [1.165, 1.54) is 30.3 Å². The van der Waals surface area contributed by atoms with E-state index in [0.717, 1.165) is 17.6 Å². The number of fused-ring (bicyclic) bond motifs is 1. The molecule has 1 atom stereocenters. The summed E-state index contributed by atoms with van der Waals surface area (Å²) < 4.78 is 56.8. The SMILES string of the molecule is O=C(O)c1ccc2nc(CN3CC=C(c4ccc(F)c(OCc5ccc(Cl)cc5F)c4)CC3)n(C[C@@H]3CCO3)c2c1F. The van der Waals surface area contributed by atoms with Crippen molar-refractivity contribution in [2.24, 2.45) is 0 Å². The first-order chi connectivity index (χ1) is 20.3. The van der Waals surface area contributed by atoms with Crippen molar-refractivity contribution < 1.29 is 32.5 Å². The molecule has 11 heteroatoms. The topological polar surface area (TPSA) is 76.8 Å². The number of hydrogen-bond acceptors (Lipinski definition) is 5. The fraction of sp³-hybridized carbons (Fsp3) is 0.290. The van der Waals surface area contributed by atoms with Crippen LogP contribution in [0.1, 0.15) is 40.2 Å². The first-order valence-corrected chi connectivity index (χ1v) is 13.9. The number of aromatic nitrogens is 2. The minimum Gasteiger partial charge on any atom is -0.486 e. The van der Waals surface area contributed by atoms with Crippen LogP contribution in [0.2, 0.25) is 5.02 Å². The molecule has 0 aliphatic carbocycles. The minimum atomic E-state index is -1.33. The first kappa shape index (κ1) is 28.3. The van der Waals surface area contributed by atoms with Gasteiger partial charge in [-0.05, 0) is 60.4 Å². The lowest BCUT2D eigenvalue weighted by atomic mass is 9.99. The third-order valence-corrected chi connectivity index (χ3v) is 7.93. The number of rotatable bonds is 9. The summed E-state index contributed by atoms with van der Waals surface area (Å²) in [6.45, 7) is 2.56. The van der Waals surface area contributed by atoms with Crippen molar-refractivity contribution in [3.05, 3.63) is 99.6 Å². The van der Waals surface area contributed by atoms with E-state index in [1.807, 2.05) is 6.08 Å². The van der Waals surface area contributed by atoms with Gasteiger partial charge in [-0.1, -0.05) is 29.8 Å². The van der Waals surface area contributed by atoms with Crippen LogP contribution in [0.4, 0.5) is 13.2 Å². The van der Waals surface area contributed by atoms with Gasteiger partial charge in [-0.2, -0.15) is 0 Å². The molecular weight excluding hydrogens is 571 g/mol. The van der Waals surface area contributed by atoms with Crippen LogP contribution in [0.3, 0.4) is 0 Å². The van der Waals surface area contributed by atoms with Gasteiger partial charge in [0, 0.05) is 30.3 Å². The average Bonchev–Trinajstić information content (AvgIpc) is 3.29. The molecule has 2 aliphatic rings. The fourth-order valence-electron chi connectivity index (χ4n) is 5.27. The van der Waals surface area contributed by atoms with Crippen molar-refractivity contribution in [3.63, 3.8) is 0 Å². The van der Waals surface area contributed by atoms with Gasteiger partial charge >= 0.3 is 5.97 Å². The number of carboxylic acids is 1. The van der Waals surface area contributed by atoms with Gasteiger partial charge in [-0.25, -0.2) is 22.9 Å². The van der Waals surface area contributed by atoms with Crippen LogP contribution in [0.5, 0.6) is 5.75 Å². The van der Waals surface area contributed by atoms with Crippen molar-refractivity contribution in [1.82, 2.24) is 14.5 Å². The maximum atomic E-state index is 15.3. The number of hydrogen-bond donors (Lipinski definition) is 1. The fourth-order valence-corrected chi connectivity index (χ4v) is 5.43. The summed E-state index contributed by atoms with van der Waals surface area (Å²) in [6.07, 6.45) is 3.48. The van der Waals surface area contributed by atoms with Crippen molar-refractivity contribution in [3.8, 4) is 5.75 Å². The number of carboxylic acid groups (broad SMARTS) is 1. The van der Waals surface area contributed by atoms with E-state index in [4.69, 9.17) is 21.1 Å². The molecule has 0 radical (unpaired) electrons. The molecule has 1 saturated heterocycles. The minimum absolute atomic E-state index is 0.0277. The molecule has 1 fully saturated rings. The molecule has 2 aliphatic heterocycles. The Morgan fingerprint density at radius 2 is 1.95 bits per heavy atom. The molecule has 0 spiro atoms. The second-order valence-corrected chi connectivity index (χ2v) is 10.8. The van der Waals surface area contributed by atoms with Crippen LogP contribution < -0.4 is 4.74 Å². The maximum Gasteiger partial charge on any atom is 0.338 e. The van der Waals surface area contributed by atoms with Gasteiger partial charge < -0.3 is 19.1 Å². The number of imidazole rings is 1. The highest BCUT2D eigenvalue weighted by Gasteiger charge is 2.26. The summed E-state index contributed by atoms with van der Waals surface area (Å²) in [5.74, 6) is -2.53. The van der Waals surface area contributed by atoms with Gasteiger partial charge in [-0.15, -0.1) is 0 Å². The highest BCUT2D eigenvalue weighted by molar-refractivity contribution is 6.30. The Balaban J connectivity index is 1.18. The molecule has 1 N–H and O–H groups in total. The lowest BCUT2D eigenvalue weighted by Gasteiger charge is -2.29. The Morgan fingerprint density at radius 3 is 2.64 bits per heavy atom. The molecule has 42 heavy (non-hydrogen) atoms. The Hall–Kier alpha value is -3.86. The normalized spacial score (nSPS) is 17.2. The molecule has 218 valence electrons. The zero-order valence-corrected chi connectivity index (χ0v) is 23.2. The van der Waals surface area contributed by atoms with E-state index in [9.17, 15) is 18.7 Å². The van der Waals surface area contributed by atoms with Crippen LogP contribution in [0.15, 0.2) is 54.6 Å². The summed E-state index contributed by atoms with van der Waals surface area (Å²) in [4.78, 5) is 18.4. The summed E-state index contributed by atoms with van der Waals surface area (Å²) in [5.41, 5.74) is 2.27. The molecule has 0 saturated carbocycles. The Labute approximate surface area is 244 Å². The van der Waals surface area contributed by atoms with E-state index in [0.29, 0.717) is 50.5 Å². The highest BCUT2D eigenvalue weighted by Crippen LogP contribution is 2.30. The van der Waals surface area contributed by atoms with Crippen LogP contribution in [-0.4, -0.2) is 51.3 Å². The third kappa shape index (κ3) is 5.74. The predicted molar refractivity (Wildman–Crippen MR) is 151 cm³/mol. The zero-order valence-electron chi connectivity index (χ0n) is 22.5. The molecule has 7 nitrogen and oxygen atoms in total. The van der Waals surface area contributed by atoms with E-state index in [1.54, 1.807) is 22.8 Å². The number of benzene rings is 3. The van der Waals surface area contributed by atoms with Crippen LogP contribution in [-0.2, 0) is 24.4 Å². The largest absolute Gasteiger partial charge is 0.486 e. The molecule has 6 rings (SSSR count). The Bertz CT molecular complexity index is 1700. The molecule has 0 unspecified atom stereocenters. The van der Waals surface area contributed by atoms with Gasteiger partial charge in [0.1, 0.15) is 23.8 Å². The highest BCUT2D eigenvalue weighted by atomic mass is 35.5. The molecule has 3 aromatic carbocycles. The standard InChI is InChI=1S/C31H27ClF3N3O4/c32-21-3-1-20(25(34)14-21)17-42-27-13-19(2-5-24(27)33)18-7-10-37(11-8-18)16-28-36-26-6-4-23(31(39)40)29(35)30(26)38(28)15-22-9-12-41-22/h1-7,13-14,22H,8-12,15-17H2,(H,39,40)/t22-/m0/s1. The van der Waals surface area contributed by atoms with E-state index >= 15 is 4.39 Å². The third-order valence-electron chi connectivity index (χ3n) is 7.69. The molecule has 3 heterocycles. The van der Waals surface area contributed by atoms with Crippen LogP contribution >= 0.6 is 11.6 Å². The van der Waals surface area contributed by atoms with Crippen molar-refractivity contribution in [1.29, 1.82) is 0 Å². The van der Waals surface area contributed by atoms with Crippen molar-refractivity contribution >= 4 is 34.2 Å². The molecule has 4 aromatic rings. The van der Waals surface area contributed by atoms with Gasteiger partial charge in [0.05, 0.1) is 30.3 Å². The van der Waals surface area contributed by atoms with E-state index < -0.39 is 29.0 Å². The first-order valence-electron chi connectivity index (χ1n) is 13.6. The van der Waals surface area contributed by atoms with Gasteiger partial charge in [-0.3, -0.25) is 4.90 Å². The zero-order chi connectivity index (χ0) is 29.4. The molecule has 1 aromatic heterocycles. The van der Waals surface area contributed by atoms with Gasteiger partial charge in [0.2, 0.25) is 0 Å². The van der Waals surface area contributed by atoms with Gasteiger partial charge in [0.25, 0.3) is 0 Å². The lowest BCUT2D eigenvalue weighted by Crippen LogP contribution is -2.33. The Morgan fingerprint density at radius 1 is 1.12 bits per heavy atom. The summed E-state index contributed by atoms with van der Waals surface area (Å²) in [7, 11) is 0. The number of nitrogens with zero attached hydrogens (tertiary/aromatic N) is 3. The molecule has 0 bridgehead atoms. The van der Waals surface area contributed by atoms with Crippen molar-refractivity contribution in [2.75, 3.05) is 19.7 Å². The van der Waals surface area contributed by atoms with Crippen molar-refractivity contribution in [2.45, 2.75) is 38.6 Å².